The third-order valence-corrected chi connectivity index (χ3v) is 4.15. The Morgan fingerprint density at radius 2 is 2.24 bits per heavy atom. The van der Waals surface area contributed by atoms with Gasteiger partial charge in [0.05, 0.1) is 12.6 Å². The van der Waals surface area contributed by atoms with E-state index in [9.17, 15) is 4.79 Å². The highest BCUT2D eigenvalue weighted by atomic mass is 35.5. The highest BCUT2D eigenvalue weighted by molar-refractivity contribution is 6.30. The van der Waals surface area contributed by atoms with E-state index in [1.165, 1.54) is 0 Å². The maximum absolute atomic E-state index is 11.9. The first-order valence-electron chi connectivity index (χ1n) is 6.98. The van der Waals surface area contributed by atoms with Gasteiger partial charge in [0.15, 0.2) is 0 Å². The number of amides is 1. The number of hydrogen-bond donors (Lipinski definition) is 0. The van der Waals surface area contributed by atoms with E-state index < -0.39 is 0 Å². The van der Waals surface area contributed by atoms with E-state index in [0.717, 1.165) is 28.8 Å². The first kappa shape index (κ1) is 14.1. The molecule has 5 heteroatoms. The van der Waals surface area contributed by atoms with E-state index in [0.29, 0.717) is 24.0 Å². The molecule has 1 amide bonds. The summed E-state index contributed by atoms with van der Waals surface area (Å²) >= 11 is 6.27. The maximum Gasteiger partial charge on any atom is 0.223 e. The van der Waals surface area contributed by atoms with E-state index >= 15 is 0 Å². The Bertz CT molecular complexity index is 702. The number of nitrogens with zero attached hydrogens (tertiary/aromatic N) is 2. The number of likely N-dealkylation sites (tertiary alicyclic amines) is 1. The van der Waals surface area contributed by atoms with Crippen molar-refractivity contribution in [3.8, 4) is 5.75 Å². The van der Waals surface area contributed by atoms with E-state index in [1.54, 1.807) is 7.11 Å². The summed E-state index contributed by atoms with van der Waals surface area (Å²) in [5.74, 6) is 1.35. The van der Waals surface area contributed by atoms with Crippen molar-refractivity contribution < 1.29 is 9.53 Å². The number of fused-ring (bicyclic) bond motifs is 1. The normalized spacial score (nSPS) is 18.5. The molecule has 0 spiro atoms. The molecule has 0 bridgehead atoms. The summed E-state index contributed by atoms with van der Waals surface area (Å²) in [6.45, 7) is 3.40. The molecule has 21 heavy (non-hydrogen) atoms. The van der Waals surface area contributed by atoms with Gasteiger partial charge in [-0.25, -0.2) is 4.98 Å². The highest BCUT2D eigenvalue weighted by Crippen LogP contribution is 2.27. The van der Waals surface area contributed by atoms with Gasteiger partial charge in [0.25, 0.3) is 0 Å². The number of ether oxygens (including phenoxy) is 1. The maximum atomic E-state index is 11.9. The summed E-state index contributed by atoms with van der Waals surface area (Å²) in [7, 11) is 1.62. The zero-order chi connectivity index (χ0) is 15.0. The Labute approximate surface area is 128 Å². The molecule has 0 saturated carbocycles. The standard InChI is InChI=1S/C16H17ClN2O2/c1-10-5-15(20)19(8-10)9-12-6-11-3-4-13(21-2)7-14(11)18-16(12)17/h3-4,6-7,10H,5,8-9H2,1-2H3. The number of rotatable bonds is 3. The molecule has 1 atom stereocenters. The van der Waals surface area contributed by atoms with Gasteiger partial charge < -0.3 is 9.64 Å². The molecule has 3 rings (SSSR count). The minimum absolute atomic E-state index is 0.188. The van der Waals surface area contributed by atoms with Crippen LogP contribution in [0.4, 0.5) is 0 Å². The zero-order valence-electron chi connectivity index (χ0n) is 12.1. The monoisotopic (exact) mass is 304 g/mol. The average Bonchev–Trinajstić information content (AvgIpc) is 2.77. The second-order valence-corrected chi connectivity index (χ2v) is 5.94. The van der Waals surface area contributed by atoms with Gasteiger partial charge in [-0.05, 0) is 24.1 Å². The van der Waals surface area contributed by atoms with Crippen LogP contribution in [0.15, 0.2) is 24.3 Å². The van der Waals surface area contributed by atoms with Gasteiger partial charge in [0, 0.05) is 36.5 Å². The Hall–Kier alpha value is -1.81. The van der Waals surface area contributed by atoms with Crippen LogP contribution in [0.5, 0.6) is 5.75 Å². The van der Waals surface area contributed by atoms with Crippen molar-refractivity contribution in [2.75, 3.05) is 13.7 Å². The molecular weight excluding hydrogens is 288 g/mol. The molecule has 1 saturated heterocycles. The summed E-state index contributed by atoms with van der Waals surface area (Å²) in [5.41, 5.74) is 1.68. The minimum Gasteiger partial charge on any atom is -0.497 e. The largest absolute Gasteiger partial charge is 0.497 e. The molecule has 4 nitrogen and oxygen atoms in total. The van der Waals surface area contributed by atoms with Crippen molar-refractivity contribution in [3.05, 3.63) is 35.0 Å². The molecule has 1 fully saturated rings. The van der Waals surface area contributed by atoms with Crippen molar-refractivity contribution in [2.45, 2.75) is 19.9 Å². The second-order valence-electron chi connectivity index (χ2n) is 5.58. The van der Waals surface area contributed by atoms with Crippen LogP contribution in [0, 0.1) is 5.92 Å². The summed E-state index contributed by atoms with van der Waals surface area (Å²) in [5, 5.41) is 1.44. The molecule has 1 aliphatic rings. The molecule has 2 heterocycles. The number of methoxy groups -OCH3 is 1. The summed E-state index contributed by atoms with van der Waals surface area (Å²) in [6, 6.07) is 7.70. The lowest BCUT2D eigenvalue weighted by atomic mass is 10.1. The molecule has 1 unspecified atom stereocenters. The minimum atomic E-state index is 0.188. The fourth-order valence-electron chi connectivity index (χ4n) is 2.73. The topological polar surface area (TPSA) is 42.4 Å². The molecule has 2 aromatic rings. The van der Waals surface area contributed by atoms with Gasteiger partial charge >= 0.3 is 0 Å². The quantitative estimate of drug-likeness (QED) is 0.817. The van der Waals surface area contributed by atoms with Crippen LogP contribution in [-0.4, -0.2) is 29.4 Å². The summed E-state index contributed by atoms with van der Waals surface area (Å²) < 4.78 is 5.19. The van der Waals surface area contributed by atoms with Crippen LogP contribution >= 0.6 is 11.6 Å². The van der Waals surface area contributed by atoms with Gasteiger partial charge in [0.1, 0.15) is 10.9 Å². The third kappa shape index (κ3) is 2.81. The number of pyridine rings is 1. The summed E-state index contributed by atoms with van der Waals surface area (Å²) in [4.78, 5) is 18.2. The fraction of sp³-hybridized carbons (Fsp3) is 0.375. The lowest BCUT2D eigenvalue weighted by Gasteiger charge is -2.17. The van der Waals surface area contributed by atoms with Gasteiger partial charge in [-0.3, -0.25) is 4.79 Å². The molecule has 1 aromatic heterocycles. The van der Waals surface area contributed by atoms with Crippen LogP contribution in [0.2, 0.25) is 5.15 Å². The van der Waals surface area contributed by atoms with Crippen LogP contribution in [0.1, 0.15) is 18.9 Å². The third-order valence-electron chi connectivity index (χ3n) is 3.82. The van der Waals surface area contributed by atoms with E-state index in [4.69, 9.17) is 16.3 Å². The Balaban J connectivity index is 1.92. The molecule has 0 radical (unpaired) electrons. The Morgan fingerprint density at radius 3 is 2.90 bits per heavy atom. The Kier molecular flexibility index (Phi) is 3.72. The van der Waals surface area contributed by atoms with Crippen molar-refractivity contribution in [1.29, 1.82) is 0 Å². The van der Waals surface area contributed by atoms with Gasteiger partial charge in [-0.1, -0.05) is 18.5 Å². The number of carbonyl (C=O) groups is 1. The van der Waals surface area contributed by atoms with E-state index in [1.807, 2.05) is 29.2 Å². The van der Waals surface area contributed by atoms with Gasteiger partial charge in [-0.2, -0.15) is 0 Å². The zero-order valence-corrected chi connectivity index (χ0v) is 12.9. The number of carbonyl (C=O) groups excluding carboxylic acids is 1. The van der Waals surface area contributed by atoms with Crippen molar-refractivity contribution in [2.24, 2.45) is 5.92 Å². The predicted molar refractivity (Wildman–Crippen MR) is 82.5 cm³/mol. The van der Waals surface area contributed by atoms with Gasteiger partial charge in [-0.15, -0.1) is 0 Å². The smallest absolute Gasteiger partial charge is 0.223 e. The van der Waals surface area contributed by atoms with Crippen molar-refractivity contribution in [3.63, 3.8) is 0 Å². The SMILES string of the molecule is COc1ccc2cc(CN3CC(C)CC3=O)c(Cl)nc2c1. The number of hydrogen-bond acceptors (Lipinski definition) is 3. The van der Waals surface area contributed by atoms with Crippen LogP contribution < -0.4 is 4.74 Å². The fourth-order valence-corrected chi connectivity index (χ4v) is 2.94. The lowest BCUT2D eigenvalue weighted by molar-refractivity contribution is -0.128. The van der Waals surface area contributed by atoms with Crippen LogP contribution in [0.3, 0.4) is 0 Å². The predicted octanol–water partition coefficient (Wildman–Crippen LogP) is 3.27. The Morgan fingerprint density at radius 1 is 1.43 bits per heavy atom. The second kappa shape index (κ2) is 5.53. The number of aromatic nitrogens is 1. The number of benzene rings is 1. The van der Waals surface area contributed by atoms with Crippen molar-refractivity contribution >= 4 is 28.4 Å². The molecule has 1 aliphatic heterocycles. The van der Waals surface area contributed by atoms with Crippen molar-refractivity contribution in [1.82, 2.24) is 9.88 Å². The van der Waals surface area contributed by atoms with Crippen LogP contribution in [-0.2, 0) is 11.3 Å². The van der Waals surface area contributed by atoms with Crippen LogP contribution in [0.25, 0.3) is 10.9 Å². The molecule has 0 aliphatic carbocycles. The molecule has 1 aromatic carbocycles. The molecule has 110 valence electrons. The van der Waals surface area contributed by atoms with Gasteiger partial charge in [0.2, 0.25) is 5.91 Å². The summed E-state index contributed by atoms with van der Waals surface area (Å²) in [6.07, 6.45) is 0.621. The lowest BCUT2D eigenvalue weighted by Crippen LogP contribution is -2.24. The average molecular weight is 305 g/mol. The highest BCUT2D eigenvalue weighted by Gasteiger charge is 2.27. The first-order valence-corrected chi connectivity index (χ1v) is 7.35. The number of halogens is 1. The van der Waals surface area contributed by atoms with E-state index in [-0.39, 0.29) is 5.91 Å². The first-order chi connectivity index (χ1) is 10.1. The molecule has 0 N–H and O–H groups in total. The van der Waals surface area contributed by atoms with E-state index in [2.05, 4.69) is 11.9 Å². The molecular formula is C16H17ClN2O2.